The van der Waals surface area contributed by atoms with Crippen molar-refractivity contribution in [2.24, 2.45) is 7.05 Å². The zero-order valence-corrected chi connectivity index (χ0v) is 21.9. The van der Waals surface area contributed by atoms with Crippen LogP contribution in [0.5, 0.6) is 5.75 Å². The number of methoxy groups -OCH3 is 1. The third-order valence-electron chi connectivity index (χ3n) is 6.68. The van der Waals surface area contributed by atoms with Crippen LogP contribution in [0.15, 0.2) is 29.6 Å². The van der Waals surface area contributed by atoms with E-state index in [1.165, 1.54) is 11.3 Å². The van der Waals surface area contributed by atoms with Crippen LogP contribution in [0.1, 0.15) is 68.8 Å². The quantitative estimate of drug-likeness (QED) is 0.458. The third kappa shape index (κ3) is 5.64. The van der Waals surface area contributed by atoms with Crippen LogP contribution in [0.25, 0.3) is 0 Å². The highest BCUT2D eigenvalue weighted by atomic mass is 32.1. The molecule has 2 aromatic heterocycles. The Morgan fingerprint density at radius 1 is 1.11 bits per heavy atom. The molecule has 1 fully saturated rings. The van der Waals surface area contributed by atoms with Crippen molar-refractivity contribution in [3.8, 4) is 5.75 Å². The van der Waals surface area contributed by atoms with Gasteiger partial charge in [-0.3, -0.25) is 19.1 Å². The number of carbonyl (C=O) groups is 3. The summed E-state index contributed by atoms with van der Waals surface area (Å²) in [6.45, 7) is 5.01. The Morgan fingerprint density at radius 2 is 1.81 bits per heavy atom. The minimum atomic E-state index is -0.245. The predicted octanol–water partition coefficient (Wildman–Crippen LogP) is 4.12. The molecule has 0 aliphatic carbocycles. The molecule has 0 spiro atoms. The number of rotatable bonds is 8. The highest BCUT2D eigenvalue weighted by molar-refractivity contribution is 7.10. The van der Waals surface area contributed by atoms with Gasteiger partial charge in [0.05, 0.1) is 29.2 Å². The molecule has 0 unspecified atom stereocenters. The van der Waals surface area contributed by atoms with Crippen molar-refractivity contribution < 1.29 is 19.1 Å². The summed E-state index contributed by atoms with van der Waals surface area (Å²) in [4.78, 5) is 44.3. The number of nitrogens with one attached hydrogen (secondary N) is 1. The van der Waals surface area contributed by atoms with Gasteiger partial charge in [0.1, 0.15) is 11.4 Å². The van der Waals surface area contributed by atoms with Gasteiger partial charge in [-0.25, -0.2) is 4.98 Å². The smallest absolute Gasteiger partial charge is 0.275 e. The minimum absolute atomic E-state index is 0.00303. The molecular weight excluding hydrogens is 478 g/mol. The van der Waals surface area contributed by atoms with Crippen LogP contribution in [0, 0.1) is 13.8 Å². The first kappa shape index (κ1) is 25.6. The maximum absolute atomic E-state index is 12.7. The highest BCUT2D eigenvalue weighted by Crippen LogP contribution is 2.31. The first-order valence-electron chi connectivity index (χ1n) is 12.0. The number of benzene rings is 1. The number of hydrogen-bond acceptors (Lipinski definition) is 7. The summed E-state index contributed by atoms with van der Waals surface area (Å²) in [7, 11) is 3.42. The molecule has 1 N–H and O–H groups in total. The molecule has 190 valence electrons. The molecule has 1 saturated heterocycles. The number of likely N-dealkylation sites (tertiary alicyclic amines) is 1. The number of thiazole rings is 1. The first-order valence-corrected chi connectivity index (χ1v) is 12.9. The number of aromatic nitrogens is 3. The van der Waals surface area contributed by atoms with E-state index in [1.807, 2.05) is 25.8 Å². The van der Waals surface area contributed by atoms with Gasteiger partial charge in [0, 0.05) is 49.8 Å². The molecule has 0 atom stereocenters. The first-order chi connectivity index (χ1) is 17.3. The van der Waals surface area contributed by atoms with Crippen molar-refractivity contribution in [3.63, 3.8) is 0 Å². The van der Waals surface area contributed by atoms with Crippen LogP contribution in [-0.4, -0.2) is 57.5 Å². The van der Waals surface area contributed by atoms with Crippen molar-refractivity contribution in [2.75, 3.05) is 25.5 Å². The molecule has 1 aromatic carbocycles. The van der Waals surface area contributed by atoms with Gasteiger partial charge in [0.25, 0.3) is 5.91 Å². The Labute approximate surface area is 214 Å². The van der Waals surface area contributed by atoms with Crippen molar-refractivity contribution >= 4 is 34.6 Å². The van der Waals surface area contributed by atoms with Crippen LogP contribution in [0.2, 0.25) is 0 Å². The molecule has 4 rings (SSSR count). The predicted molar refractivity (Wildman–Crippen MR) is 138 cm³/mol. The van der Waals surface area contributed by atoms with E-state index >= 15 is 0 Å². The van der Waals surface area contributed by atoms with E-state index in [0.717, 1.165) is 29.2 Å². The van der Waals surface area contributed by atoms with Gasteiger partial charge < -0.3 is 15.0 Å². The molecule has 36 heavy (non-hydrogen) atoms. The second kappa shape index (κ2) is 11.0. The van der Waals surface area contributed by atoms with Crippen molar-refractivity contribution in [1.82, 2.24) is 19.7 Å². The van der Waals surface area contributed by atoms with Gasteiger partial charge in [-0.1, -0.05) is 0 Å². The van der Waals surface area contributed by atoms with Gasteiger partial charge in [0.15, 0.2) is 5.78 Å². The van der Waals surface area contributed by atoms with E-state index < -0.39 is 0 Å². The van der Waals surface area contributed by atoms with E-state index in [1.54, 1.807) is 41.4 Å². The number of anilines is 1. The van der Waals surface area contributed by atoms with Gasteiger partial charge in [0.2, 0.25) is 5.91 Å². The molecule has 3 heterocycles. The lowest BCUT2D eigenvalue weighted by atomic mass is 9.97. The summed E-state index contributed by atoms with van der Waals surface area (Å²) in [5.41, 5.74) is 3.35. The molecule has 0 bridgehead atoms. The molecule has 0 saturated carbocycles. The second-order valence-corrected chi connectivity index (χ2v) is 9.89. The number of ether oxygens (including phenoxy) is 1. The van der Waals surface area contributed by atoms with Gasteiger partial charge >= 0.3 is 0 Å². The monoisotopic (exact) mass is 509 g/mol. The van der Waals surface area contributed by atoms with Crippen molar-refractivity contribution in [3.05, 3.63) is 57.3 Å². The standard InChI is InChI=1S/C26H31N5O4S/c1-16-24(17(2)30(3)29-16)28-25(34)21-15-36-26(27-21)19-11-13-31(14-12-19)23(33)10-9-22(32)18-5-7-20(35-4)8-6-18/h5-8,15,19H,9-14H2,1-4H3,(H,28,34). The fourth-order valence-corrected chi connectivity index (χ4v) is 5.36. The lowest BCUT2D eigenvalue weighted by Crippen LogP contribution is -2.38. The number of amides is 2. The van der Waals surface area contributed by atoms with E-state index in [-0.39, 0.29) is 36.4 Å². The van der Waals surface area contributed by atoms with E-state index in [9.17, 15) is 14.4 Å². The minimum Gasteiger partial charge on any atom is -0.497 e. The van der Waals surface area contributed by atoms with Crippen LogP contribution >= 0.6 is 11.3 Å². The number of Topliss-reactive ketones (excluding diaryl/α,β-unsaturated/α-hetero) is 1. The topological polar surface area (TPSA) is 106 Å². The van der Waals surface area contributed by atoms with E-state index in [0.29, 0.717) is 35.8 Å². The molecule has 0 radical (unpaired) electrons. The Balaban J connectivity index is 1.26. The summed E-state index contributed by atoms with van der Waals surface area (Å²) < 4.78 is 6.85. The zero-order chi connectivity index (χ0) is 25.8. The van der Waals surface area contributed by atoms with Gasteiger partial charge in [-0.05, 0) is 51.0 Å². The average molecular weight is 510 g/mol. The normalized spacial score (nSPS) is 14.1. The maximum atomic E-state index is 12.7. The number of carbonyl (C=O) groups excluding carboxylic acids is 3. The Morgan fingerprint density at radius 3 is 2.42 bits per heavy atom. The van der Waals surface area contributed by atoms with Crippen molar-refractivity contribution in [1.29, 1.82) is 0 Å². The average Bonchev–Trinajstić information content (AvgIpc) is 3.48. The number of hydrogen-bond donors (Lipinski definition) is 1. The van der Waals surface area contributed by atoms with E-state index in [2.05, 4.69) is 15.4 Å². The van der Waals surface area contributed by atoms with Crippen LogP contribution < -0.4 is 10.1 Å². The van der Waals surface area contributed by atoms with Crippen LogP contribution in [0.3, 0.4) is 0 Å². The SMILES string of the molecule is COc1ccc(C(=O)CCC(=O)N2CCC(c3nc(C(=O)Nc4c(C)nn(C)c4C)cs3)CC2)cc1. The zero-order valence-electron chi connectivity index (χ0n) is 21.0. The Hall–Kier alpha value is -3.53. The number of nitrogens with zero attached hydrogens (tertiary/aromatic N) is 4. The summed E-state index contributed by atoms with van der Waals surface area (Å²) in [6, 6.07) is 6.93. The van der Waals surface area contributed by atoms with Crippen molar-refractivity contribution in [2.45, 2.75) is 45.4 Å². The molecule has 9 nitrogen and oxygen atoms in total. The number of piperidine rings is 1. The number of ketones is 1. The largest absolute Gasteiger partial charge is 0.497 e. The molecule has 1 aliphatic heterocycles. The Bertz CT molecular complexity index is 1260. The summed E-state index contributed by atoms with van der Waals surface area (Å²) in [6.07, 6.45) is 1.96. The third-order valence-corrected chi connectivity index (χ3v) is 7.68. The van der Waals surface area contributed by atoms with Crippen LogP contribution in [-0.2, 0) is 11.8 Å². The summed E-state index contributed by atoms with van der Waals surface area (Å²) >= 11 is 1.48. The molecular formula is C26H31N5O4S. The number of aryl methyl sites for hydroxylation is 2. The summed E-state index contributed by atoms with van der Waals surface area (Å²) in [5, 5.41) is 9.96. The maximum Gasteiger partial charge on any atom is 0.275 e. The summed E-state index contributed by atoms with van der Waals surface area (Å²) in [5.74, 6) is 0.606. The molecule has 10 heteroatoms. The fourth-order valence-electron chi connectivity index (χ4n) is 4.39. The Kier molecular flexibility index (Phi) is 7.83. The van der Waals surface area contributed by atoms with Crippen LogP contribution in [0.4, 0.5) is 5.69 Å². The molecule has 2 amide bonds. The fraction of sp³-hybridized carbons (Fsp3) is 0.423. The van der Waals surface area contributed by atoms with E-state index in [4.69, 9.17) is 4.74 Å². The highest BCUT2D eigenvalue weighted by Gasteiger charge is 2.27. The lowest BCUT2D eigenvalue weighted by Gasteiger charge is -2.31. The molecule has 1 aliphatic rings. The van der Waals surface area contributed by atoms with Gasteiger partial charge in [-0.2, -0.15) is 5.10 Å². The molecule has 3 aromatic rings. The lowest BCUT2D eigenvalue weighted by molar-refractivity contribution is -0.132. The van der Waals surface area contributed by atoms with Gasteiger partial charge in [-0.15, -0.1) is 11.3 Å². The second-order valence-electron chi connectivity index (χ2n) is 9.00.